The molecule has 0 aromatic carbocycles. The van der Waals surface area contributed by atoms with Gasteiger partial charge >= 0.3 is 0 Å². The first-order chi connectivity index (χ1) is 10.1. The molecule has 0 atom stereocenters. The number of thiophene rings is 1. The molecule has 0 unspecified atom stereocenters. The van der Waals surface area contributed by atoms with Gasteiger partial charge < -0.3 is 15.5 Å². The summed E-state index contributed by atoms with van der Waals surface area (Å²) in [4.78, 5) is 32.2. The van der Waals surface area contributed by atoms with Gasteiger partial charge in [-0.25, -0.2) is 0 Å². The lowest BCUT2D eigenvalue weighted by Crippen LogP contribution is -2.50. The number of pyridine rings is 1. The van der Waals surface area contributed by atoms with Crippen molar-refractivity contribution < 1.29 is 9.59 Å². The average Bonchev–Trinajstić information content (AvgIpc) is 2.84. The molecule has 7 heteroatoms. The molecule has 1 saturated heterocycles. The van der Waals surface area contributed by atoms with E-state index in [1.807, 2.05) is 12.1 Å². The Kier molecular flexibility index (Phi) is 3.50. The van der Waals surface area contributed by atoms with Gasteiger partial charge in [-0.3, -0.25) is 14.6 Å². The zero-order valence-electron chi connectivity index (χ0n) is 11.7. The highest BCUT2D eigenvalue weighted by Gasteiger charge is 2.26. The van der Waals surface area contributed by atoms with E-state index in [0.29, 0.717) is 42.3 Å². The highest BCUT2D eigenvalue weighted by Crippen LogP contribution is 2.32. The van der Waals surface area contributed by atoms with Gasteiger partial charge in [0.05, 0.1) is 10.4 Å². The Bertz CT molecular complexity index is 704. The third-order valence-electron chi connectivity index (χ3n) is 3.69. The van der Waals surface area contributed by atoms with Crippen molar-refractivity contribution in [1.82, 2.24) is 14.8 Å². The summed E-state index contributed by atoms with van der Waals surface area (Å²) in [6.45, 7) is 3.78. The Morgan fingerprint density at radius 1 is 1.24 bits per heavy atom. The summed E-state index contributed by atoms with van der Waals surface area (Å²) >= 11 is 1.37. The molecule has 3 rings (SSSR count). The third kappa shape index (κ3) is 2.44. The third-order valence-corrected chi connectivity index (χ3v) is 4.84. The van der Waals surface area contributed by atoms with Crippen LogP contribution in [-0.4, -0.2) is 52.8 Å². The normalized spacial score (nSPS) is 15.5. The fraction of sp³-hybridized carbons (Fsp3) is 0.357. The predicted octanol–water partition coefficient (Wildman–Crippen LogP) is 1.18. The van der Waals surface area contributed by atoms with E-state index >= 15 is 0 Å². The molecule has 0 aliphatic carbocycles. The quantitative estimate of drug-likeness (QED) is 0.858. The highest BCUT2D eigenvalue weighted by molar-refractivity contribution is 7.21. The molecule has 0 radical (unpaired) electrons. The number of rotatable bonds is 1. The Hall–Kier alpha value is -2.15. The Balaban J connectivity index is 1.82. The molecule has 3 heterocycles. The number of nitrogen functional groups attached to an aromatic ring is 1. The SMILES string of the molecule is CC(=O)N1CCN(C(=O)c2sc3cccnc3c2N)CC1. The Labute approximate surface area is 126 Å². The fourth-order valence-corrected chi connectivity index (χ4v) is 3.52. The number of nitrogens with two attached hydrogens (primary N) is 1. The summed E-state index contributed by atoms with van der Waals surface area (Å²) in [7, 11) is 0. The van der Waals surface area contributed by atoms with Gasteiger partial charge in [0.2, 0.25) is 5.91 Å². The number of fused-ring (bicyclic) bond motifs is 1. The van der Waals surface area contributed by atoms with Crippen LogP contribution in [0.2, 0.25) is 0 Å². The van der Waals surface area contributed by atoms with Gasteiger partial charge in [0.1, 0.15) is 10.4 Å². The summed E-state index contributed by atoms with van der Waals surface area (Å²) in [6.07, 6.45) is 1.67. The standard InChI is InChI=1S/C14H16N4O2S/c1-9(19)17-5-7-18(8-6-17)14(20)13-11(15)12-10(21-13)3-2-4-16-12/h2-4H,5-8,15H2,1H3. The van der Waals surface area contributed by atoms with Crippen LogP contribution in [0.4, 0.5) is 5.69 Å². The second kappa shape index (κ2) is 5.33. The lowest BCUT2D eigenvalue weighted by molar-refractivity contribution is -0.130. The summed E-state index contributed by atoms with van der Waals surface area (Å²) < 4.78 is 0.917. The van der Waals surface area contributed by atoms with Crippen molar-refractivity contribution in [3.05, 3.63) is 23.2 Å². The molecule has 2 amide bonds. The molecule has 0 bridgehead atoms. The minimum Gasteiger partial charge on any atom is -0.396 e. The highest BCUT2D eigenvalue weighted by atomic mass is 32.1. The molecule has 1 fully saturated rings. The van der Waals surface area contributed by atoms with E-state index in [-0.39, 0.29) is 11.8 Å². The molecule has 110 valence electrons. The van der Waals surface area contributed by atoms with Crippen LogP contribution in [0.5, 0.6) is 0 Å². The maximum atomic E-state index is 12.6. The second-order valence-electron chi connectivity index (χ2n) is 4.99. The summed E-state index contributed by atoms with van der Waals surface area (Å²) in [5.74, 6) is -0.0219. The Morgan fingerprint density at radius 3 is 2.52 bits per heavy atom. The number of carbonyl (C=O) groups excluding carboxylic acids is 2. The van der Waals surface area contributed by atoms with Crippen LogP contribution in [-0.2, 0) is 4.79 Å². The molecule has 2 aromatic heterocycles. The topological polar surface area (TPSA) is 79.5 Å². The van der Waals surface area contributed by atoms with Crippen molar-refractivity contribution in [2.24, 2.45) is 0 Å². The molecular weight excluding hydrogens is 288 g/mol. The maximum Gasteiger partial charge on any atom is 0.266 e. The molecular formula is C14H16N4O2S. The van der Waals surface area contributed by atoms with Gasteiger partial charge in [-0.15, -0.1) is 11.3 Å². The molecule has 21 heavy (non-hydrogen) atoms. The predicted molar refractivity (Wildman–Crippen MR) is 82.2 cm³/mol. The fourth-order valence-electron chi connectivity index (χ4n) is 2.47. The van der Waals surface area contributed by atoms with Crippen LogP contribution >= 0.6 is 11.3 Å². The number of amides is 2. The van der Waals surface area contributed by atoms with Crippen molar-refractivity contribution in [2.45, 2.75) is 6.92 Å². The summed E-state index contributed by atoms with van der Waals surface area (Å²) in [6, 6.07) is 3.74. The first-order valence-electron chi connectivity index (χ1n) is 6.75. The molecule has 2 aromatic rings. The van der Waals surface area contributed by atoms with Gasteiger partial charge in [0, 0.05) is 39.3 Å². The zero-order valence-corrected chi connectivity index (χ0v) is 12.5. The first-order valence-corrected chi connectivity index (χ1v) is 7.57. The van der Waals surface area contributed by atoms with Crippen molar-refractivity contribution in [2.75, 3.05) is 31.9 Å². The average molecular weight is 304 g/mol. The summed E-state index contributed by atoms with van der Waals surface area (Å²) in [5.41, 5.74) is 7.20. The van der Waals surface area contributed by atoms with E-state index in [1.165, 1.54) is 11.3 Å². The van der Waals surface area contributed by atoms with Crippen LogP contribution < -0.4 is 5.73 Å². The molecule has 1 aliphatic heterocycles. The minimum absolute atomic E-state index is 0.0488. The van der Waals surface area contributed by atoms with E-state index in [2.05, 4.69) is 4.98 Å². The minimum atomic E-state index is -0.0706. The number of hydrogen-bond donors (Lipinski definition) is 1. The number of carbonyl (C=O) groups is 2. The second-order valence-corrected chi connectivity index (χ2v) is 6.05. The van der Waals surface area contributed by atoms with Crippen molar-refractivity contribution in [3.8, 4) is 0 Å². The molecule has 0 saturated carbocycles. The molecule has 2 N–H and O–H groups in total. The number of nitrogens with zero attached hydrogens (tertiary/aromatic N) is 3. The van der Waals surface area contributed by atoms with E-state index in [4.69, 9.17) is 5.73 Å². The first kappa shape index (κ1) is 13.8. The van der Waals surface area contributed by atoms with Gasteiger partial charge in [-0.2, -0.15) is 0 Å². The summed E-state index contributed by atoms with van der Waals surface area (Å²) in [5, 5.41) is 0. The van der Waals surface area contributed by atoms with Crippen LogP contribution in [0.15, 0.2) is 18.3 Å². The number of aromatic nitrogens is 1. The molecule has 6 nitrogen and oxygen atoms in total. The van der Waals surface area contributed by atoms with E-state index in [1.54, 1.807) is 22.9 Å². The smallest absolute Gasteiger partial charge is 0.266 e. The lowest BCUT2D eigenvalue weighted by Gasteiger charge is -2.34. The number of anilines is 1. The number of hydrogen-bond acceptors (Lipinski definition) is 5. The van der Waals surface area contributed by atoms with Gasteiger partial charge in [0.25, 0.3) is 5.91 Å². The van der Waals surface area contributed by atoms with Gasteiger partial charge in [-0.05, 0) is 12.1 Å². The van der Waals surface area contributed by atoms with Gasteiger partial charge in [0.15, 0.2) is 0 Å². The lowest BCUT2D eigenvalue weighted by atomic mass is 10.2. The van der Waals surface area contributed by atoms with Crippen LogP contribution in [0.25, 0.3) is 10.2 Å². The Morgan fingerprint density at radius 2 is 1.90 bits per heavy atom. The maximum absolute atomic E-state index is 12.6. The number of piperazine rings is 1. The van der Waals surface area contributed by atoms with Crippen LogP contribution in [0.3, 0.4) is 0 Å². The van der Waals surface area contributed by atoms with Crippen molar-refractivity contribution >= 4 is 39.1 Å². The zero-order chi connectivity index (χ0) is 15.0. The van der Waals surface area contributed by atoms with E-state index in [0.717, 1.165) is 4.70 Å². The molecule has 0 spiro atoms. The van der Waals surface area contributed by atoms with Gasteiger partial charge in [-0.1, -0.05) is 0 Å². The van der Waals surface area contributed by atoms with Crippen LogP contribution in [0, 0.1) is 0 Å². The van der Waals surface area contributed by atoms with E-state index < -0.39 is 0 Å². The van der Waals surface area contributed by atoms with Crippen molar-refractivity contribution in [3.63, 3.8) is 0 Å². The monoisotopic (exact) mass is 304 g/mol. The van der Waals surface area contributed by atoms with Crippen LogP contribution in [0.1, 0.15) is 16.6 Å². The molecule has 1 aliphatic rings. The largest absolute Gasteiger partial charge is 0.396 e. The van der Waals surface area contributed by atoms with Crippen molar-refractivity contribution in [1.29, 1.82) is 0 Å². The van der Waals surface area contributed by atoms with E-state index in [9.17, 15) is 9.59 Å².